The Balaban J connectivity index is 2.20. The van der Waals surface area contributed by atoms with Crippen LogP contribution in [-0.2, 0) is 9.59 Å². The molecule has 0 aromatic carbocycles. The number of carbonyl (C=O) groups is 2. The summed E-state index contributed by atoms with van der Waals surface area (Å²) in [7, 11) is 0. The van der Waals surface area contributed by atoms with Gasteiger partial charge in [0.15, 0.2) is 0 Å². The van der Waals surface area contributed by atoms with Crippen LogP contribution in [0.5, 0.6) is 0 Å². The Labute approximate surface area is 89.8 Å². The van der Waals surface area contributed by atoms with E-state index in [1.807, 2.05) is 20.8 Å². The van der Waals surface area contributed by atoms with Crippen molar-refractivity contribution in [2.75, 3.05) is 6.54 Å². The quantitative estimate of drug-likeness (QED) is 0.684. The third-order valence-electron chi connectivity index (χ3n) is 3.94. The normalized spacial score (nSPS) is 34.3. The summed E-state index contributed by atoms with van der Waals surface area (Å²) in [5.41, 5.74) is 5.46. The van der Waals surface area contributed by atoms with Crippen LogP contribution in [0.15, 0.2) is 0 Å². The van der Waals surface area contributed by atoms with Gasteiger partial charge in [0.2, 0.25) is 11.8 Å². The Morgan fingerprint density at radius 1 is 1.33 bits per heavy atom. The van der Waals surface area contributed by atoms with Gasteiger partial charge in [-0.2, -0.15) is 0 Å². The van der Waals surface area contributed by atoms with Gasteiger partial charge in [-0.1, -0.05) is 20.8 Å². The number of carbonyl (C=O) groups excluding carboxylic acids is 2. The van der Waals surface area contributed by atoms with Crippen LogP contribution in [0.3, 0.4) is 0 Å². The van der Waals surface area contributed by atoms with E-state index >= 15 is 0 Å². The van der Waals surface area contributed by atoms with Crippen molar-refractivity contribution in [2.24, 2.45) is 23.0 Å². The molecule has 15 heavy (non-hydrogen) atoms. The first-order valence-corrected chi connectivity index (χ1v) is 5.53. The molecular weight excluding hydrogens is 192 g/mol. The molecule has 0 aromatic rings. The second-order valence-corrected chi connectivity index (χ2v) is 5.12. The topological polar surface area (TPSA) is 63.4 Å². The van der Waals surface area contributed by atoms with Gasteiger partial charge in [-0.15, -0.1) is 0 Å². The monoisotopic (exact) mass is 210 g/mol. The minimum atomic E-state index is -0.114. The summed E-state index contributed by atoms with van der Waals surface area (Å²) in [6, 6.07) is -0.103. The molecule has 1 heterocycles. The van der Waals surface area contributed by atoms with Crippen molar-refractivity contribution in [2.45, 2.75) is 33.2 Å². The SMILES string of the molecule is CCC(CN)N1C(=O)C2C(C1=O)C2(C)C. The van der Waals surface area contributed by atoms with Crippen LogP contribution < -0.4 is 5.73 Å². The van der Waals surface area contributed by atoms with Gasteiger partial charge in [-0.25, -0.2) is 0 Å². The molecule has 1 aliphatic carbocycles. The average Bonchev–Trinajstić information content (AvgIpc) is 2.64. The van der Waals surface area contributed by atoms with Crippen molar-refractivity contribution in [3.8, 4) is 0 Å². The van der Waals surface area contributed by atoms with E-state index in [1.54, 1.807) is 0 Å². The molecule has 2 rings (SSSR count). The van der Waals surface area contributed by atoms with Crippen LogP contribution in [-0.4, -0.2) is 29.3 Å². The number of nitrogens with zero attached hydrogens (tertiary/aromatic N) is 1. The van der Waals surface area contributed by atoms with Crippen LogP contribution in [0.4, 0.5) is 0 Å². The third kappa shape index (κ3) is 1.17. The van der Waals surface area contributed by atoms with Crippen molar-refractivity contribution in [1.29, 1.82) is 0 Å². The predicted molar refractivity (Wildman–Crippen MR) is 55.7 cm³/mol. The van der Waals surface area contributed by atoms with Crippen molar-refractivity contribution >= 4 is 11.8 Å². The lowest BCUT2D eigenvalue weighted by atomic mass is 10.0. The standard InChI is InChI=1S/C11H18N2O2/c1-4-6(5-12)13-9(14)7-8(10(13)15)11(7,2)3/h6-8H,4-5,12H2,1-3H3. The zero-order valence-electron chi connectivity index (χ0n) is 9.49. The van der Waals surface area contributed by atoms with Gasteiger partial charge in [0.1, 0.15) is 0 Å². The van der Waals surface area contributed by atoms with Crippen LogP contribution in [0, 0.1) is 17.3 Å². The lowest BCUT2D eigenvalue weighted by Gasteiger charge is -2.27. The Hall–Kier alpha value is -0.900. The first-order valence-electron chi connectivity index (χ1n) is 5.53. The number of hydrogen-bond acceptors (Lipinski definition) is 3. The van der Waals surface area contributed by atoms with Crippen molar-refractivity contribution in [3.63, 3.8) is 0 Å². The highest BCUT2D eigenvalue weighted by Crippen LogP contribution is 2.63. The van der Waals surface area contributed by atoms with Gasteiger partial charge in [0, 0.05) is 6.54 Å². The molecule has 4 nitrogen and oxygen atoms in total. The van der Waals surface area contributed by atoms with Crippen LogP contribution in [0.1, 0.15) is 27.2 Å². The molecule has 0 spiro atoms. The third-order valence-corrected chi connectivity index (χ3v) is 3.94. The van der Waals surface area contributed by atoms with Crippen molar-refractivity contribution in [3.05, 3.63) is 0 Å². The van der Waals surface area contributed by atoms with Crippen LogP contribution >= 0.6 is 0 Å². The number of rotatable bonds is 3. The maximum atomic E-state index is 12.0. The Kier molecular flexibility index (Phi) is 2.15. The van der Waals surface area contributed by atoms with Gasteiger partial charge in [-0.05, 0) is 11.8 Å². The number of amides is 2. The second kappa shape index (κ2) is 3.04. The largest absolute Gasteiger partial charge is 0.328 e. The molecule has 2 aliphatic rings. The number of nitrogens with two attached hydrogens (primary N) is 1. The number of imide groups is 1. The molecule has 2 fully saturated rings. The number of piperidine rings is 1. The van der Waals surface area contributed by atoms with Gasteiger partial charge in [0.05, 0.1) is 17.9 Å². The summed E-state index contributed by atoms with van der Waals surface area (Å²) in [6.45, 7) is 6.29. The van der Waals surface area contributed by atoms with Crippen molar-refractivity contribution < 1.29 is 9.59 Å². The summed E-state index contributed by atoms with van der Waals surface area (Å²) in [5, 5.41) is 0. The molecule has 84 valence electrons. The molecule has 0 bridgehead atoms. The van der Waals surface area contributed by atoms with Gasteiger partial charge < -0.3 is 5.73 Å². The number of hydrogen-bond donors (Lipinski definition) is 1. The van der Waals surface area contributed by atoms with Gasteiger partial charge in [-0.3, -0.25) is 14.5 Å². The molecule has 1 saturated heterocycles. The van der Waals surface area contributed by atoms with Crippen LogP contribution in [0.2, 0.25) is 0 Å². The molecule has 4 heteroatoms. The summed E-state index contributed by atoms with van der Waals surface area (Å²) >= 11 is 0. The molecule has 0 aromatic heterocycles. The minimum absolute atomic E-state index is 0.00713. The molecule has 2 amide bonds. The lowest BCUT2D eigenvalue weighted by molar-refractivity contribution is -0.145. The summed E-state index contributed by atoms with van der Waals surface area (Å²) < 4.78 is 0. The number of likely N-dealkylation sites (tertiary alicyclic amines) is 1. The molecule has 3 atom stereocenters. The predicted octanol–water partition coefficient (Wildman–Crippen LogP) is 0.365. The van der Waals surface area contributed by atoms with E-state index in [2.05, 4.69) is 0 Å². The minimum Gasteiger partial charge on any atom is -0.328 e. The van der Waals surface area contributed by atoms with E-state index in [4.69, 9.17) is 5.73 Å². The fourth-order valence-electron chi connectivity index (χ4n) is 2.78. The maximum Gasteiger partial charge on any atom is 0.233 e. The molecular formula is C11H18N2O2. The highest BCUT2D eigenvalue weighted by molar-refractivity contribution is 6.10. The summed E-state index contributed by atoms with van der Waals surface area (Å²) in [6.07, 6.45) is 0.744. The second-order valence-electron chi connectivity index (χ2n) is 5.12. The molecule has 1 aliphatic heterocycles. The van der Waals surface area contributed by atoms with E-state index in [0.29, 0.717) is 6.54 Å². The fraction of sp³-hybridized carbons (Fsp3) is 0.818. The fourth-order valence-corrected chi connectivity index (χ4v) is 2.78. The van der Waals surface area contributed by atoms with E-state index < -0.39 is 0 Å². The van der Waals surface area contributed by atoms with E-state index in [1.165, 1.54) is 4.90 Å². The first-order chi connectivity index (χ1) is 6.96. The van der Waals surface area contributed by atoms with Crippen LogP contribution in [0.25, 0.3) is 0 Å². The molecule has 0 radical (unpaired) electrons. The van der Waals surface area contributed by atoms with E-state index in [9.17, 15) is 9.59 Å². The molecule has 2 N–H and O–H groups in total. The highest BCUT2D eigenvalue weighted by atomic mass is 16.2. The van der Waals surface area contributed by atoms with E-state index in [0.717, 1.165) is 6.42 Å². The van der Waals surface area contributed by atoms with Gasteiger partial charge in [0.25, 0.3) is 0 Å². The van der Waals surface area contributed by atoms with E-state index in [-0.39, 0.29) is 35.1 Å². The molecule has 1 saturated carbocycles. The Morgan fingerprint density at radius 3 is 2.13 bits per heavy atom. The molecule has 3 unspecified atom stereocenters. The Bertz CT molecular complexity index is 297. The smallest absolute Gasteiger partial charge is 0.233 e. The number of fused-ring (bicyclic) bond motifs is 1. The average molecular weight is 210 g/mol. The maximum absolute atomic E-state index is 12.0. The summed E-state index contributed by atoms with van der Waals surface area (Å²) in [5.74, 6) is -0.171. The Morgan fingerprint density at radius 2 is 1.80 bits per heavy atom. The van der Waals surface area contributed by atoms with Gasteiger partial charge >= 0.3 is 0 Å². The summed E-state index contributed by atoms with van der Waals surface area (Å²) in [4.78, 5) is 25.4. The highest BCUT2D eigenvalue weighted by Gasteiger charge is 2.72. The zero-order valence-corrected chi connectivity index (χ0v) is 9.49. The first kappa shape index (κ1) is 10.6. The van der Waals surface area contributed by atoms with Crippen molar-refractivity contribution in [1.82, 2.24) is 4.90 Å². The zero-order chi connectivity index (χ0) is 11.4. The lowest BCUT2D eigenvalue weighted by Crippen LogP contribution is -2.47.